The second kappa shape index (κ2) is 7.64. The van der Waals surface area contributed by atoms with Gasteiger partial charge in [0.25, 0.3) is 5.91 Å². The third kappa shape index (κ3) is 4.87. The molecule has 1 aromatic carbocycles. The van der Waals surface area contributed by atoms with Crippen LogP contribution in [-0.2, 0) is 16.0 Å². The molecule has 1 aliphatic heterocycles. The molecule has 2 aliphatic rings. The van der Waals surface area contributed by atoms with Crippen molar-refractivity contribution < 1.29 is 27.4 Å². The molecule has 0 aromatic heterocycles. The second-order valence-corrected chi connectivity index (χ2v) is 6.56. The van der Waals surface area contributed by atoms with E-state index >= 15 is 0 Å². The van der Waals surface area contributed by atoms with Gasteiger partial charge in [-0.1, -0.05) is 19.3 Å². The van der Waals surface area contributed by atoms with Gasteiger partial charge in [0.15, 0.2) is 0 Å². The number of amides is 1. The number of fused-ring (bicyclic) bond motifs is 1. The molecule has 0 N–H and O–H groups in total. The van der Waals surface area contributed by atoms with E-state index in [1.54, 1.807) is 4.90 Å². The lowest BCUT2D eigenvalue weighted by Gasteiger charge is -2.31. The fourth-order valence-electron chi connectivity index (χ4n) is 3.53. The lowest BCUT2D eigenvalue weighted by Crippen LogP contribution is -2.39. The van der Waals surface area contributed by atoms with Gasteiger partial charge >= 0.3 is 6.36 Å². The number of benzene rings is 1. The molecule has 4 nitrogen and oxygen atoms in total. The van der Waals surface area contributed by atoms with E-state index in [9.17, 15) is 18.0 Å². The maximum atomic E-state index is 12.5. The van der Waals surface area contributed by atoms with E-state index in [1.807, 2.05) is 0 Å². The van der Waals surface area contributed by atoms with Crippen LogP contribution in [0.15, 0.2) is 18.2 Å². The van der Waals surface area contributed by atoms with Crippen molar-refractivity contribution in [3.8, 4) is 5.75 Å². The van der Waals surface area contributed by atoms with Crippen LogP contribution in [0.5, 0.6) is 5.75 Å². The van der Waals surface area contributed by atoms with Crippen LogP contribution in [0.1, 0.15) is 44.1 Å². The van der Waals surface area contributed by atoms with Crippen molar-refractivity contribution in [3.63, 3.8) is 0 Å². The van der Waals surface area contributed by atoms with Gasteiger partial charge in [-0.15, -0.1) is 13.2 Å². The zero-order chi connectivity index (χ0) is 17.9. The predicted octanol–water partition coefficient (Wildman–Crippen LogP) is 4.21. The molecule has 25 heavy (non-hydrogen) atoms. The summed E-state index contributed by atoms with van der Waals surface area (Å²) in [6, 6.07) is 4.14. The zero-order valence-corrected chi connectivity index (χ0v) is 14.0. The highest BCUT2D eigenvalue weighted by molar-refractivity contribution is 5.95. The molecule has 0 spiro atoms. The number of ether oxygens (including phenoxy) is 2. The van der Waals surface area contributed by atoms with Gasteiger partial charge in [-0.05, 0) is 49.4 Å². The predicted molar refractivity (Wildman–Crippen MR) is 86.6 cm³/mol. The number of carbonyl (C=O) groups is 1. The van der Waals surface area contributed by atoms with Crippen LogP contribution >= 0.6 is 0 Å². The summed E-state index contributed by atoms with van der Waals surface area (Å²) in [5.74, 6) is -0.394. The van der Waals surface area contributed by atoms with Crippen molar-refractivity contribution in [3.05, 3.63) is 23.8 Å². The van der Waals surface area contributed by atoms with Crippen LogP contribution < -0.4 is 9.64 Å². The SMILES string of the molecule is O=C(COC1CCCCC1)N1CCCc2cc(OC(F)(F)F)ccc21. The molecule has 1 fully saturated rings. The van der Waals surface area contributed by atoms with Crippen LogP contribution in [0.4, 0.5) is 18.9 Å². The topological polar surface area (TPSA) is 38.8 Å². The molecule has 1 heterocycles. The van der Waals surface area contributed by atoms with Crippen LogP contribution in [0.2, 0.25) is 0 Å². The van der Waals surface area contributed by atoms with Crippen molar-refractivity contribution in [2.45, 2.75) is 57.4 Å². The molecule has 0 saturated heterocycles. The molecule has 0 bridgehead atoms. The van der Waals surface area contributed by atoms with Gasteiger partial charge in [0.2, 0.25) is 0 Å². The quantitative estimate of drug-likeness (QED) is 0.810. The third-order valence-electron chi connectivity index (χ3n) is 4.70. The molecule has 0 radical (unpaired) electrons. The number of hydrogen-bond acceptors (Lipinski definition) is 3. The molecule has 1 aliphatic carbocycles. The van der Waals surface area contributed by atoms with Crippen molar-refractivity contribution in [1.29, 1.82) is 0 Å². The molecule has 1 amide bonds. The van der Waals surface area contributed by atoms with Gasteiger partial charge in [-0.2, -0.15) is 0 Å². The summed E-state index contributed by atoms with van der Waals surface area (Å²) in [5, 5.41) is 0. The number of nitrogens with zero attached hydrogens (tertiary/aromatic N) is 1. The highest BCUT2D eigenvalue weighted by Crippen LogP contribution is 2.33. The van der Waals surface area contributed by atoms with Crippen molar-refractivity contribution >= 4 is 11.6 Å². The first kappa shape index (κ1) is 18.0. The Kier molecular flexibility index (Phi) is 5.51. The number of rotatable bonds is 4. The molecule has 138 valence electrons. The van der Waals surface area contributed by atoms with E-state index in [-0.39, 0.29) is 24.4 Å². The van der Waals surface area contributed by atoms with E-state index in [0.717, 1.165) is 25.7 Å². The molecule has 0 unspecified atom stereocenters. The number of hydrogen-bond donors (Lipinski definition) is 0. The van der Waals surface area contributed by atoms with Gasteiger partial charge in [-0.3, -0.25) is 4.79 Å². The Morgan fingerprint density at radius 3 is 2.64 bits per heavy atom. The van der Waals surface area contributed by atoms with Gasteiger partial charge in [0.05, 0.1) is 6.10 Å². The Labute approximate surface area is 144 Å². The summed E-state index contributed by atoms with van der Waals surface area (Å²) in [7, 11) is 0. The molecular weight excluding hydrogens is 335 g/mol. The second-order valence-electron chi connectivity index (χ2n) is 6.56. The normalized spacial score (nSPS) is 18.8. The molecule has 1 saturated carbocycles. The highest BCUT2D eigenvalue weighted by atomic mass is 19.4. The van der Waals surface area contributed by atoms with E-state index in [2.05, 4.69) is 4.74 Å². The Bertz CT molecular complexity index is 612. The highest BCUT2D eigenvalue weighted by Gasteiger charge is 2.32. The Morgan fingerprint density at radius 1 is 1.16 bits per heavy atom. The van der Waals surface area contributed by atoms with Crippen molar-refractivity contribution in [2.75, 3.05) is 18.1 Å². The first-order chi connectivity index (χ1) is 11.9. The average molecular weight is 357 g/mol. The number of halogens is 3. The minimum Gasteiger partial charge on any atom is -0.406 e. The summed E-state index contributed by atoms with van der Waals surface area (Å²) < 4.78 is 46.8. The van der Waals surface area contributed by atoms with Gasteiger partial charge in [0.1, 0.15) is 12.4 Å². The van der Waals surface area contributed by atoms with E-state index in [0.29, 0.717) is 30.6 Å². The Morgan fingerprint density at radius 2 is 1.92 bits per heavy atom. The van der Waals surface area contributed by atoms with Crippen LogP contribution in [0.3, 0.4) is 0 Å². The number of anilines is 1. The first-order valence-corrected chi connectivity index (χ1v) is 8.73. The summed E-state index contributed by atoms with van der Waals surface area (Å²) in [4.78, 5) is 14.1. The minimum absolute atomic E-state index is 0.0188. The summed E-state index contributed by atoms with van der Waals surface area (Å²) in [6.07, 6.45) is 2.21. The maximum absolute atomic E-state index is 12.5. The van der Waals surface area contributed by atoms with E-state index in [1.165, 1.54) is 24.6 Å². The van der Waals surface area contributed by atoms with Crippen LogP contribution in [-0.4, -0.2) is 31.5 Å². The van der Waals surface area contributed by atoms with Crippen LogP contribution in [0, 0.1) is 0 Å². The molecular formula is C18H22F3NO3. The van der Waals surface area contributed by atoms with Gasteiger partial charge < -0.3 is 14.4 Å². The largest absolute Gasteiger partial charge is 0.573 e. The third-order valence-corrected chi connectivity index (χ3v) is 4.70. The van der Waals surface area contributed by atoms with Crippen molar-refractivity contribution in [2.24, 2.45) is 0 Å². The summed E-state index contributed by atoms with van der Waals surface area (Å²) in [6.45, 7) is 0.574. The number of aryl methyl sites for hydroxylation is 1. The molecule has 1 aromatic rings. The van der Waals surface area contributed by atoms with Gasteiger partial charge in [-0.25, -0.2) is 0 Å². The van der Waals surface area contributed by atoms with E-state index < -0.39 is 6.36 Å². The maximum Gasteiger partial charge on any atom is 0.573 e. The molecule has 7 heteroatoms. The minimum atomic E-state index is -4.72. The number of alkyl halides is 3. The van der Waals surface area contributed by atoms with E-state index in [4.69, 9.17) is 4.74 Å². The van der Waals surface area contributed by atoms with Crippen LogP contribution in [0.25, 0.3) is 0 Å². The lowest BCUT2D eigenvalue weighted by atomic mass is 9.98. The lowest BCUT2D eigenvalue weighted by molar-refractivity contribution is -0.274. The first-order valence-electron chi connectivity index (χ1n) is 8.73. The standard InChI is InChI=1S/C18H22F3NO3/c19-18(20,21)25-15-8-9-16-13(11-15)5-4-10-22(16)17(23)12-24-14-6-2-1-3-7-14/h8-9,11,14H,1-7,10,12H2. The Hall–Kier alpha value is -1.76. The molecule has 3 rings (SSSR count). The summed E-state index contributed by atoms with van der Waals surface area (Å²) >= 11 is 0. The monoisotopic (exact) mass is 357 g/mol. The van der Waals surface area contributed by atoms with Gasteiger partial charge in [0, 0.05) is 12.2 Å². The zero-order valence-electron chi connectivity index (χ0n) is 14.0. The summed E-state index contributed by atoms with van der Waals surface area (Å²) in [5.41, 5.74) is 1.34. The van der Waals surface area contributed by atoms with Crippen molar-refractivity contribution in [1.82, 2.24) is 0 Å². The smallest absolute Gasteiger partial charge is 0.406 e. The fourth-order valence-corrected chi connectivity index (χ4v) is 3.53. The average Bonchev–Trinajstić information content (AvgIpc) is 2.58. The molecule has 0 atom stereocenters. The number of carbonyl (C=O) groups excluding carboxylic acids is 1. The fraction of sp³-hybridized carbons (Fsp3) is 0.611. The Balaban J connectivity index is 1.65.